The average molecular weight is 248 g/mol. The standard InChI is InChI=1S/C15H24N2O/c18-12-15(10-13-4-2-1-3-5-13)17-11-14-6-8-16-9-7-14/h1-5,14-18H,6-12H2. The second-order valence-corrected chi connectivity index (χ2v) is 5.17. The molecule has 0 aliphatic carbocycles. The normalized spacial score (nSPS) is 18.7. The Morgan fingerprint density at radius 2 is 1.94 bits per heavy atom. The van der Waals surface area contributed by atoms with E-state index < -0.39 is 0 Å². The molecule has 1 aromatic rings. The summed E-state index contributed by atoms with van der Waals surface area (Å²) in [6, 6.07) is 10.6. The highest BCUT2D eigenvalue weighted by Crippen LogP contribution is 2.11. The number of benzene rings is 1. The van der Waals surface area contributed by atoms with Gasteiger partial charge >= 0.3 is 0 Å². The molecule has 3 heteroatoms. The van der Waals surface area contributed by atoms with E-state index in [2.05, 4.69) is 34.9 Å². The largest absolute Gasteiger partial charge is 0.395 e. The monoisotopic (exact) mass is 248 g/mol. The highest BCUT2D eigenvalue weighted by Gasteiger charge is 2.15. The van der Waals surface area contributed by atoms with Gasteiger partial charge in [0.25, 0.3) is 0 Å². The van der Waals surface area contributed by atoms with Gasteiger partial charge in [0.15, 0.2) is 0 Å². The highest BCUT2D eigenvalue weighted by molar-refractivity contribution is 5.15. The molecular formula is C15H24N2O. The molecule has 0 amide bonds. The minimum absolute atomic E-state index is 0.183. The van der Waals surface area contributed by atoms with Gasteiger partial charge in [-0.25, -0.2) is 0 Å². The molecule has 3 N–H and O–H groups in total. The van der Waals surface area contributed by atoms with Crippen LogP contribution in [0.4, 0.5) is 0 Å². The Morgan fingerprint density at radius 3 is 2.61 bits per heavy atom. The molecule has 1 atom stereocenters. The Bertz CT molecular complexity index is 323. The van der Waals surface area contributed by atoms with Gasteiger partial charge in [-0.05, 0) is 50.4 Å². The third-order valence-electron chi connectivity index (χ3n) is 3.70. The van der Waals surface area contributed by atoms with E-state index in [1.807, 2.05) is 6.07 Å². The third-order valence-corrected chi connectivity index (χ3v) is 3.70. The number of rotatable bonds is 6. The zero-order valence-corrected chi connectivity index (χ0v) is 10.9. The van der Waals surface area contributed by atoms with Gasteiger partial charge in [0.2, 0.25) is 0 Å². The first kappa shape index (κ1) is 13.5. The van der Waals surface area contributed by atoms with Crippen molar-refractivity contribution in [2.24, 2.45) is 5.92 Å². The fourth-order valence-corrected chi connectivity index (χ4v) is 2.52. The molecular weight excluding hydrogens is 224 g/mol. The van der Waals surface area contributed by atoms with Crippen molar-refractivity contribution in [2.45, 2.75) is 25.3 Å². The van der Waals surface area contributed by atoms with Crippen LogP contribution in [0, 0.1) is 5.92 Å². The molecule has 0 spiro atoms. The van der Waals surface area contributed by atoms with E-state index in [9.17, 15) is 5.11 Å². The van der Waals surface area contributed by atoms with Gasteiger partial charge in [0, 0.05) is 6.04 Å². The van der Waals surface area contributed by atoms with E-state index in [4.69, 9.17) is 0 Å². The van der Waals surface area contributed by atoms with Crippen LogP contribution >= 0.6 is 0 Å². The maximum absolute atomic E-state index is 9.44. The van der Waals surface area contributed by atoms with Crippen molar-refractivity contribution in [3.8, 4) is 0 Å². The molecule has 18 heavy (non-hydrogen) atoms. The Labute approximate surface area is 110 Å². The quantitative estimate of drug-likeness (QED) is 0.708. The van der Waals surface area contributed by atoms with Gasteiger partial charge in [-0.2, -0.15) is 0 Å². The number of piperidine rings is 1. The first-order valence-corrected chi connectivity index (χ1v) is 6.97. The molecule has 100 valence electrons. The molecule has 2 rings (SSSR count). The van der Waals surface area contributed by atoms with Gasteiger partial charge in [0.05, 0.1) is 6.61 Å². The van der Waals surface area contributed by atoms with Crippen LogP contribution in [0.1, 0.15) is 18.4 Å². The Balaban J connectivity index is 1.75. The number of hydrogen-bond acceptors (Lipinski definition) is 3. The summed E-state index contributed by atoms with van der Waals surface area (Å²) in [4.78, 5) is 0. The minimum Gasteiger partial charge on any atom is -0.395 e. The molecule has 1 unspecified atom stereocenters. The lowest BCUT2D eigenvalue weighted by Gasteiger charge is -2.25. The van der Waals surface area contributed by atoms with Crippen LogP contribution in [0.25, 0.3) is 0 Å². The predicted molar refractivity (Wildman–Crippen MR) is 74.6 cm³/mol. The maximum atomic E-state index is 9.44. The van der Waals surface area contributed by atoms with Crippen molar-refractivity contribution < 1.29 is 5.11 Å². The van der Waals surface area contributed by atoms with Crippen LogP contribution in [0.2, 0.25) is 0 Å². The van der Waals surface area contributed by atoms with Crippen molar-refractivity contribution in [3.63, 3.8) is 0 Å². The zero-order chi connectivity index (χ0) is 12.6. The average Bonchev–Trinajstić information content (AvgIpc) is 2.45. The maximum Gasteiger partial charge on any atom is 0.0587 e. The lowest BCUT2D eigenvalue weighted by molar-refractivity contribution is 0.230. The van der Waals surface area contributed by atoms with Crippen molar-refractivity contribution >= 4 is 0 Å². The lowest BCUT2D eigenvalue weighted by atomic mass is 9.97. The summed E-state index contributed by atoms with van der Waals surface area (Å²) in [6.45, 7) is 3.50. The van der Waals surface area contributed by atoms with E-state index in [0.717, 1.165) is 32.0 Å². The molecule has 0 saturated carbocycles. The molecule has 1 heterocycles. The Hall–Kier alpha value is -0.900. The van der Waals surface area contributed by atoms with E-state index >= 15 is 0 Å². The van der Waals surface area contributed by atoms with E-state index in [-0.39, 0.29) is 12.6 Å². The molecule has 1 saturated heterocycles. The van der Waals surface area contributed by atoms with Crippen LogP contribution in [0.3, 0.4) is 0 Å². The van der Waals surface area contributed by atoms with Gasteiger partial charge < -0.3 is 15.7 Å². The van der Waals surface area contributed by atoms with Gasteiger partial charge in [0.1, 0.15) is 0 Å². The Morgan fingerprint density at radius 1 is 1.22 bits per heavy atom. The third kappa shape index (κ3) is 4.41. The number of aliphatic hydroxyl groups is 1. The second kappa shape index (κ2) is 7.52. The first-order chi connectivity index (χ1) is 8.88. The Kier molecular flexibility index (Phi) is 5.65. The summed E-state index contributed by atoms with van der Waals surface area (Å²) in [5, 5.41) is 16.3. The van der Waals surface area contributed by atoms with E-state index in [0.29, 0.717) is 0 Å². The van der Waals surface area contributed by atoms with Crippen molar-refractivity contribution in [1.29, 1.82) is 0 Å². The summed E-state index contributed by atoms with van der Waals surface area (Å²) in [7, 11) is 0. The van der Waals surface area contributed by atoms with Crippen LogP contribution in [-0.4, -0.2) is 37.4 Å². The van der Waals surface area contributed by atoms with Crippen LogP contribution in [-0.2, 0) is 6.42 Å². The number of hydrogen-bond donors (Lipinski definition) is 3. The van der Waals surface area contributed by atoms with Gasteiger partial charge in [-0.15, -0.1) is 0 Å². The first-order valence-electron chi connectivity index (χ1n) is 6.97. The molecule has 0 bridgehead atoms. The van der Waals surface area contributed by atoms with Gasteiger partial charge in [-0.1, -0.05) is 30.3 Å². The number of aliphatic hydroxyl groups excluding tert-OH is 1. The fourth-order valence-electron chi connectivity index (χ4n) is 2.52. The van der Waals surface area contributed by atoms with Gasteiger partial charge in [-0.3, -0.25) is 0 Å². The highest BCUT2D eigenvalue weighted by atomic mass is 16.3. The van der Waals surface area contributed by atoms with Crippen molar-refractivity contribution in [3.05, 3.63) is 35.9 Å². The predicted octanol–water partition coefficient (Wildman–Crippen LogP) is 1.18. The summed E-state index contributed by atoms with van der Waals surface area (Å²) in [5.74, 6) is 0.760. The number of nitrogens with one attached hydrogen (secondary N) is 2. The molecule has 3 nitrogen and oxygen atoms in total. The van der Waals surface area contributed by atoms with Crippen LogP contribution in [0.15, 0.2) is 30.3 Å². The van der Waals surface area contributed by atoms with E-state index in [1.54, 1.807) is 0 Å². The second-order valence-electron chi connectivity index (χ2n) is 5.17. The minimum atomic E-state index is 0.183. The summed E-state index contributed by atoms with van der Waals surface area (Å²) in [5.41, 5.74) is 1.29. The zero-order valence-electron chi connectivity index (χ0n) is 10.9. The van der Waals surface area contributed by atoms with Crippen LogP contribution in [0.5, 0.6) is 0 Å². The lowest BCUT2D eigenvalue weighted by Crippen LogP contribution is -2.40. The molecule has 0 aromatic heterocycles. The van der Waals surface area contributed by atoms with Crippen molar-refractivity contribution in [1.82, 2.24) is 10.6 Å². The molecule has 1 fully saturated rings. The molecule has 1 aromatic carbocycles. The van der Waals surface area contributed by atoms with E-state index in [1.165, 1.54) is 18.4 Å². The fraction of sp³-hybridized carbons (Fsp3) is 0.600. The SMILES string of the molecule is OCC(Cc1ccccc1)NCC1CCNCC1. The molecule has 0 radical (unpaired) electrons. The topological polar surface area (TPSA) is 44.3 Å². The smallest absolute Gasteiger partial charge is 0.0587 e. The van der Waals surface area contributed by atoms with Crippen molar-refractivity contribution in [2.75, 3.05) is 26.2 Å². The summed E-state index contributed by atoms with van der Waals surface area (Å²) >= 11 is 0. The molecule has 1 aliphatic heterocycles. The van der Waals surface area contributed by atoms with Crippen LogP contribution < -0.4 is 10.6 Å². The summed E-state index contributed by atoms with van der Waals surface area (Å²) in [6.07, 6.45) is 3.40. The summed E-state index contributed by atoms with van der Waals surface area (Å²) < 4.78 is 0. The molecule has 1 aliphatic rings.